The molecule has 0 spiro atoms. The van der Waals surface area contributed by atoms with Gasteiger partial charge in [0.25, 0.3) is 7.37 Å². The van der Waals surface area contributed by atoms with E-state index in [4.69, 9.17) is 4.52 Å². The first kappa shape index (κ1) is 18.7. The SMILES string of the molecule is COP1(=O)C(C(C)(C)C)=C[C](C(C)(C)C)C=C1C(C)(C)C. The van der Waals surface area contributed by atoms with Gasteiger partial charge in [-0.25, -0.2) is 0 Å². The Hall–Kier alpha value is -0.330. The van der Waals surface area contributed by atoms with E-state index in [0.717, 1.165) is 10.6 Å². The van der Waals surface area contributed by atoms with Gasteiger partial charge in [0.15, 0.2) is 0 Å². The Kier molecular flexibility index (Phi) is 4.80. The highest BCUT2D eigenvalue weighted by molar-refractivity contribution is 7.67. The van der Waals surface area contributed by atoms with Crippen LogP contribution in [0.2, 0.25) is 0 Å². The van der Waals surface area contributed by atoms with Crippen molar-refractivity contribution >= 4 is 7.37 Å². The maximum absolute atomic E-state index is 13.7. The molecule has 2 nitrogen and oxygen atoms in total. The van der Waals surface area contributed by atoms with Crippen molar-refractivity contribution in [3.63, 3.8) is 0 Å². The summed E-state index contributed by atoms with van der Waals surface area (Å²) in [5, 5.41) is 1.85. The Morgan fingerprint density at radius 3 is 1.29 bits per heavy atom. The summed E-state index contributed by atoms with van der Waals surface area (Å²) < 4.78 is 19.3. The molecule has 0 saturated carbocycles. The Bertz CT molecular complexity index is 469. The summed E-state index contributed by atoms with van der Waals surface area (Å²) in [5.41, 5.74) is -0.356. The lowest BCUT2D eigenvalue weighted by atomic mass is 9.77. The van der Waals surface area contributed by atoms with Gasteiger partial charge in [0.1, 0.15) is 0 Å². The van der Waals surface area contributed by atoms with Gasteiger partial charge < -0.3 is 4.52 Å². The molecule has 0 amide bonds. The van der Waals surface area contributed by atoms with Crippen molar-refractivity contribution in [3.8, 4) is 0 Å². The molecule has 121 valence electrons. The van der Waals surface area contributed by atoms with E-state index >= 15 is 0 Å². The molecule has 1 heterocycles. The van der Waals surface area contributed by atoms with Gasteiger partial charge in [0.05, 0.1) is 0 Å². The fourth-order valence-corrected chi connectivity index (χ4v) is 5.62. The quantitative estimate of drug-likeness (QED) is 0.523. The molecule has 21 heavy (non-hydrogen) atoms. The zero-order chi connectivity index (χ0) is 16.9. The van der Waals surface area contributed by atoms with Gasteiger partial charge in [0, 0.05) is 23.7 Å². The predicted molar refractivity (Wildman–Crippen MR) is 92.4 cm³/mol. The lowest BCUT2D eigenvalue weighted by Crippen LogP contribution is -2.25. The Morgan fingerprint density at radius 1 is 0.762 bits per heavy atom. The molecule has 0 aromatic carbocycles. The highest BCUT2D eigenvalue weighted by atomic mass is 31.2. The van der Waals surface area contributed by atoms with Crippen molar-refractivity contribution in [3.05, 3.63) is 28.7 Å². The Labute approximate surface area is 131 Å². The second-order valence-electron chi connectivity index (χ2n) is 9.00. The molecular weight excluding hydrogens is 279 g/mol. The molecule has 0 aromatic heterocycles. The number of rotatable bonds is 1. The molecule has 1 aliphatic rings. The average molecular weight is 311 g/mol. The number of hydrogen-bond acceptors (Lipinski definition) is 2. The number of allylic oxidation sites excluding steroid dienone is 4. The topological polar surface area (TPSA) is 26.3 Å². The largest absolute Gasteiger partial charge is 0.326 e. The molecule has 1 rings (SSSR count). The minimum atomic E-state index is -2.96. The van der Waals surface area contributed by atoms with Crippen LogP contribution in [-0.4, -0.2) is 7.11 Å². The summed E-state index contributed by atoms with van der Waals surface area (Å²) in [6.07, 6.45) is 4.22. The molecule has 0 aromatic rings. The van der Waals surface area contributed by atoms with E-state index in [1.165, 1.54) is 5.92 Å². The molecule has 0 bridgehead atoms. The molecular formula is C18H32O2P. The third-order valence-electron chi connectivity index (χ3n) is 3.88. The summed E-state index contributed by atoms with van der Waals surface area (Å²) >= 11 is 0. The summed E-state index contributed by atoms with van der Waals surface area (Å²) in [6, 6.07) is 0. The standard InChI is InChI=1S/C18H32O2P/c1-16(2,3)13-11-14(17(4,5)6)21(19,20-10)15(12-13)18(7,8)9/h11-12H,1-10H3. The molecule has 1 aliphatic heterocycles. The Balaban J connectivity index is 3.64. The van der Waals surface area contributed by atoms with Gasteiger partial charge in [-0.05, 0) is 16.2 Å². The van der Waals surface area contributed by atoms with Crippen LogP contribution in [0.25, 0.3) is 0 Å². The van der Waals surface area contributed by atoms with Gasteiger partial charge in [-0.15, -0.1) is 0 Å². The van der Waals surface area contributed by atoms with Crippen LogP contribution in [0.1, 0.15) is 62.3 Å². The van der Waals surface area contributed by atoms with E-state index in [1.807, 2.05) is 0 Å². The summed E-state index contributed by atoms with van der Waals surface area (Å²) in [4.78, 5) is 0. The molecule has 0 fully saturated rings. The van der Waals surface area contributed by atoms with Crippen LogP contribution < -0.4 is 0 Å². The van der Waals surface area contributed by atoms with Crippen LogP contribution in [-0.2, 0) is 9.09 Å². The van der Waals surface area contributed by atoms with E-state index < -0.39 is 7.37 Å². The first-order chi connectivity index (χ1) is 9.14. The molecule has 0 saturated heterocycles. The van der Waals surface area contributed by atoms with E-state index in [2.05, 4.69) is 74.5 Å². The van der Waals surface area contributed by atoms with Crippen LogP contribution >= 0.6 is 7.37 Å². The van der Waals surface area contributed by atoms with E-state index in [9.17, 15) is 4.57 Å². The van der Waals surface area contributed by atoms with Crippen LogP contribution in [0.5, 0.6) is 0 Å². The zero-order valence-corrected chi connectivity index (χ0v) is 16.3. The fraction of sp³-hybridized carbons (Fsp3) is 0.722. The van der Waals surface area contributed by atoms with Crippen LogP contribution in [0.15, 0.2) is 22.8 Å². The monoisotopic (exact) mass is 311 g/mol. The second-order valence-corrected chi connectivity index (χ2v) is 11.4. The lowest BCUT2D eigenvalue weighted by molar-refractivity contribution is 0.374. The van der Waals surface area contributed by atoms with Crippen LogP contribution in [0, 0.1) is 22.2 Å². The first-order valence-electron chi connectivity index (χ1n) is 7.63. The highest BCUT2D eigenvalue weighted by Crippen LogP contribution is 2.72. The highest BCUT2D eigenvalue weighted by Gasteiger charge is 2.46. The summed E-state index contributed by atoms with van der Waals surface area (Å²) in [5.74, 6) is 1.22. The van der Waals surface area contributed by atoms with Gasteiger partial charge in [-0.3, -0.25) is 4.57 Å². The minimum Gasteiger partial charge on any atom is -0.326 e. The maximum Gasteiger partial charge on any atom is 0.253 e. The van der Waals surface area contributed by atoms with Crippen molar-refractivity contribution in [2.45, 2.75) is 62.3 Å². The fourth-order valence-electron chi connectivity index (χ4n) is 2.58. The lowest BCUT2D eigenvalue weighted by Gasteiger charge is -2.41. The van der Waals surface area contributed by atoms with Crippen molar-refractivity contribution in [1.82, 2.24) is 0 Å². The zero-order valence-electron chi connectivity index (χ0n) is 15.4. The van der Waals surface area contributed by atoms with Gasteiger partial charge >= 0.3 is 0 Å². The maximum atomic E-state index is 13.7. The molecule has 3 heteroatoms. The molecule has 0 aliphatic carbocycles. The van der Waals surface area contributed by atoms with E-state index in [-0.39, 0.29) is 16.2 Å². The normalized spacial score (nSPS) is 21.0. The molecule has 0 N–H and O–H groups in total. The van der Waals surface area contributed by atoms with E-state index in [0.29, 0.717) is 0 Å². The minimum absolute atomic E-state index is 0.0198. The molecule has 0 atom stereocenters. The van der Waals surface area contributed by atoms with Crippen LogP contribution in [0.3, 0.4) is 0 Å². The van der Waals surface area contributed by atoms with Crippen molar-refractivity contribution in [2.75, 3.05) is 7.11 Å². The first-order valence-corrected chi connectivity index (χ1v) is 9.25. The Morgan fingerprint density at radius 2 is 1.10 bits per heavy atom. The summed E-state index contributed by atoms with van der Waals surface area (Å²) in [6.45, 7) is 19.2. The third-order valence-corrected chi connectivity index (χ3v) is 7.26. The third kappa shape index (κ3) is 3.71. The van der Waals surface area contributed by atoms with Gasteiger partial charge in [0.2, 0.25) is 0 Å². The smallest absolute Gasteiger partial charge is 0.253 e. The van der Waals surface area contributed by atoms with Crippen molar-refractivity contribution in [2.24, 2.45) is 16.2 Å². The summed E-state index contributed by atoms with van der Waals surface area (Å²) in [7, 11) is -1.39. The average Bonchev–Trinajstić information content (AvgIpc) is 2.24. The van der Waals surface area contributed by atoms with Crippen molar-refractivity contribution in [1.29, 1.82) is 0 Å². The number of hydrogen-bond donors (Lipinski definition) is 0. The molecule has 1 radical (unpaired) electrons. The van der Waals surface area contributed by atoms with Crippen molar-refractivity contribution < 1.29 is 9.09 Å². The predicted octanol–water partition coefficient (Wildman–Crippen LogP) is 6.41. The van der Waals surface area contributed by atoms with E-state index in [1.54, 1.807) is 7.11 Å². The van der Waals surface area contributed by atoms with Gasteiger partial charge in [-0.1, -0.05) is 74.5 Å². The second kappa shape index (κ2) is 5.39. The van der Waals surface area contributed by atoms with Crippen LogP contribution in [0.4, 0.5) is 0 Å². The van der Waals surface area contributed by atoms with Gasteiger partial charge in [-0.2, -0.15) is 0 Å². The molecule has 0 unspecified atom stereocenters.